The van der Waals surface area contributed by atoms with E-state index < -0.39 is 5.60 Å². The van der Waals surface area contributed by atoms with Gasteiger partial charge in [-0.05, 0) is 99.2 Å². The Morgan fingerprint density at radius 3 is 2.50 bits per heavy atom. The standard InChI is InChI=1S/C24H41NO3/c1-5-28-15-24(27)13-12-22(2)16(14-24)6-7-17-18-8-9-20(21(26)25-4)23(18,3)11-10-19(17)22/h16-20,27H,5-15H2,1-4H3,(H,25,26)/t16-,17+,18+,19+,20-,22+,23+,24-/m1/s1. The Kier molecular flexibility index (Phi) is 5.36. The minimum Gasteiger partial charge on any atom is -0.387 e. The zero-order valence-electron chi connectivity index (χ0n) is 18.4. The van der Waals surface area contributed by atoms with Crippen molar-refractivity contribution in [3.63, 3.8) is 0 Å². The fourth-order valence-corrected chi connectivity index (χ4v) is 8.35. The monoisotopic (exact) mass is 391 g/mol. The Hall–Kier alpha value is -0.610. The first-order valence-corrected chi connectivity index (χ1v) is 11.8. The van der Waals surface area contributed by atoms with Crippen LogP contribution >= 0.6 is 0 Å². The Morgan fingerprint density at radius 2 is 1.79 bits per heavy atom. The van der Waals surface area contributed by atoms with Crippen molar-refractivity contribution >= 4 is 5.91 Å². The van der Waals surface area contributed by atoms with Crippen LogP contribution in [-0.2, 0) is 9.53 Å². The van der Waals surface area contributed by atoms with Crippen molar-refractivity contribution in [2.75, 3.05) is 20.3 Å². The first-order chi connectivity index (χ1) is 13.3. The highest BCUT2D eigenvalue weighted by molar-refractivity contribution is 5.79. The summed E-state index contributed by atoms with van der Waals surface area (Å²) >= 11 is 0. The molecule has 160 valence electrons. The van der Waals surface area contributed by atoms with Crippen LogP contribution in [0.4, 0.5) is 0 Å². The molecule has 4 saturated carbocycles. The molecule has 0 aromatic heterocycles. The smallest absolute Gasteiger partial charge is 0.223 e. The number of hydrogen-bond acceptors (Lipinski definition) is 3. The van der Waals surface area contributed by atoms with E-state index in [1.807, 2.05) is 6.92 Å². The second-order valence-electron chi connectivity index (χ2n) is 11.0. The van der Waals surface area contributed by atoms with Gasteiger partial charge >= 0.3 is 0 Å². The van der Waals surface area contributed by atoms with Crippen LogP contribution < -0.4 is 5.32 Å². The summed E-state index contributed by atoms with van der Waals surface area (Å²) < 4.78 is 5.62. The summed E-state index contributed by atoms with van der Waals surface area (Å²) in [5, 5.41) is 14.0. The van der Waals surface area contributed by atoms with Gasteiger partial charge in [0.05, 0.1) is 12.2 Å². The Bertz CT molecular complexity index is 609. The van der Waals surface area contributed by atoms with Crippen molar-refractivity contribution in [3.8, 4) is 0 Å². The molecule has 0 radical (unpaired) electrons. The topological polar surface area (TPSA) is 58.6 Å². The molecule has 0 aromatic carbocycles. The van der Waals surface area contributed by atoms with E-state index in [-0.39, 0.29) is 17.2 Å². The van der Waals surface area contributed by atoms with E-state index in [1.165, 1.54) is 32.1 Å². The van der Waals surface area contributed by atoms with Crippen LogP contribution in [0.1, 0.15) is 78.6 Å². The average molecular weight is 392 g/mol. The summed E-state index contributed by atoms with van der Waals surface area (Å²) in [5.74, 6) is 3.33. The zero-order valence-corrected chi connectivity index (χ0v) is 18.4. The van der Waals surface area contributed by atoms with Gasteiger partial charge in [-0.15, -0.1) is 0 Å². The van der Waals surface area contributed by atoms with Crippen LogP contribution in [0, 0.1) is 40.4 Å². The molecule has 0 aliphatic heterocycles. The van der Waals surface area contributed by atoms with E-state index >= 15 is 0 Å². The van der Waals surface area contributed by atoms with Gasteiger partial charge in [0.1, 0.15) is 0 Å². The van der Waals surface area contributed by atoms with Gasteiger partial charge in [-0.2, -0.15) is 0 Å². The van der Waals surface area contributed by atoms with E-state index in [4.69, 9.17) is 4.74 Å². The summed E-state index contributed by atoms with van der Waals surface area (Å²) in [6.45, 7) is 8.13. The second kappa shape index (κ2) is 7.27. The molecule has 0 bridgehead atoms. The van der Waals surface area contributed by atoms with Crippen LogP contribution in [0.3, 0.4) is 0 Å². The average Bonchev–Trinajstić information content (AvgIpc) is 3.04. The van der Waals surface area contributed by atoms with Gasteiger partial charge in [0, 0.05) is 19.6 Å². The molecule has 0 unspecified atom stereocenters. The lowest BCUT2D eigenvalue weighted by Gasteiger charge is -2.62. The molecule has 4 rings (SSSR count). The Balaban J connectivity index is 1.52. The van der Waals surface area contributed by atoms with Crippen molar-refractivity contribution in [2.45, 2.75) is 84.2 Å². The fourth-order valence-electron chi connectivity index (χ4n) is 8.35. The van der Waals surface area contributed by atoms with Gasteiger partial charge in [0.15, 0.2) is 0 Å². The Morgan fingerprint density at radius 1 is 1.04 bits per heavy atom. The van der Waals surface area contributed by atoms with E-state index in [0.29, 0.717) is 30.5 Å². The lowest BCUT2D eigenvalue weighted by molar-refractivity contribution is -0.166. The largest absolute Gasteiger partial charge is 0.387 e. The van der Waals surface area contributed by atoms with Crippen LogP contribution in [-0.4, -0.2) is 36.9 Å². The molecule has 0 saturated heterocycles. The predicted molar refractivity (Wildman–Crippen MR) is 111 cm³/mol. The number of amides is 1. The number of hydrogen-bond donors (Lipinski definition) is 2. The summed E-state index contributed by atoms with van der Waals surface area (Å²) in [4.78, 5) is 12.5. The predicted octanol–water partition coefficient (Wildman–Crippen LogP) is 4.16. The van der Waals surface area contributed by atoms with Crippen LogP contribution in [0.2, 0.25) is 0 Å². The van der Waals surface area contributed by atoms with Gasteiger partial charge in [0.25, 0.3) is 0 Å². The normalized spacial score (nSPS) is 50.4. The van der Waals surface area contributed by atoms with Crippen molar-refractivity contribution in [2.24, 2.45) is 40.4 Å². The molecule has 4 fully saturated rings. The van der Waals surface area contributed by atoms with Crippen molar-refractivity contribution < 1.29 is 14.6 Å². The third-order valence-electron chi connectivity index (χ3n) is 9.96. The highest BCUT2D eigenvalue weighted by Crippen LogP contribution is 2.68. The molecule has 2 N–H and O–H groups in total. The maximum atomic E-state index is 12.5. The second-order valence-corrected chi connectivity index (χ2v) is 11.0. The molecular formula is C24H41NO3. The lowest BCUT2D eigenvalue weighted by atomic mass is 9.44. The lowest BCUT2D eigenvalue weighted by Crippen LogP contribution is -2.57. The third-order valence-corrected chi connectivity index (χ3v) is 9.96. The van der Waals surface area contributed by atoms with Crippen LogP contribution in [0.15, 0.2) is 0 Å². The van der Waals surface area contributed by atoms with E-state index in [2.05, 4.69) is 19.2 Å². The third kappa shape index (κ3) is 3.05. The number of carbonyl (C=O) groups excluding carboxylic acids is 1. The van der Waals surface area contributed by atoms with Gasteiger partial charge in [0.2, 0.25) is 5.91 Å². The number of fused-ring (bicyclic) bond motifs is 5. The minimum atomic E-state index is -0.617. The molecule has 28 heavy (non-hydrogen) atoms. The van der Waals surface area contributed by atoms with Crippen molar-refractivity contribution in [1.29, 1.82) is 0 Å². The summed E-state index contributed by atoms with van der Waals surface area (Å²) in [6, 6.07) is 0. The first-order valence-electron chi connectivity index (χ1n) is 11.8. The van der Waals surface area contributed by atoms with Gasteiger partial charge < -0.3 is 15.2 Å². The van der Waals surface area contributed by atoms with Crippen LogP contribution in [0.5, 0.6) is 0 Å². The number of ether oxygens (including phenoxy) is 1. The molecule has 4 aliphatic carbocycles. The molecule has 0 heterocycles. The highest BCUT2D eigenvalue weighted by atomic mass is 16.5. The summed E-state index contributed by atoms with van der Waals surface area (Å²) in [6.07, 6.45) is 10.2. The maximum Gasteiger partial charge on any atom is 0.223 e. The summed E-state index contributed by atoms with van der Waals surface area (Å²) in [7, 11) is 1.79. The minimum absolute atomic E-state index is 0.189. The molecule has 1 amide bonds. The molecule has 0 aromatic rings. The molecule has 8 atom stereocenters. The highest BCUT2D eigenvalue weighted by Gasteiger charge is 2.62. The summed E-state index contributed by atoms with van der Waals surface area (Å²) in [5.41, 5.74) is -0.0729. The molecule has 0 spiro atoms. The van der Waals surface area contributed by atoms with Crippen molar-refractivity contribution in [1.82, 2.24) is 5.32 Å². The quantitative estimate of drug-likeness (QED) is 0.756. The van der Waals surface area contributed by atoms with Crippen LogP contribution in [0.25, 0.3) is 0 Å². The maximum absolute atomic E-state index is 12.5. The Labute approximate surface area is 171 Å². The van der Waals surface area contributed by atoms with Gasteiger partial charge in [-0.25, -0.2) is 0 Å². The zero-order chi connectivity index (χ0) is 20.2. The molecular weight excluding hydrogens is 350 g/mol. The molecule has 4 heteroatoms. The first kappa shape index (κ1) is 20.7. The number of carbonyl (C=O) groups is 1. The fraction of sp³-hybridized carbons (Fsp3) is 0.958. The number of aliphatic hydroxyl groups is 1. The van der Waals surface area contributed by atoms with Crippen molar-refractivity contribution in [3.05, 3.63) is 0 Å². The SMILES string of the molecule is CCOC[C@@]1(O)CC[C@@]2(C)[C@H](CC[C@@H]3[C@@H]2CC[C@]2(C)[C@@H](C(=O)NC)CC[C@@H]32)C1. The van der Waals surface area contributed by atoms with Gasteiger partial charge in [-0.3, -0.25) is 4.79 Å². The molecule has 4 nitrogen and oxygen atoms in total. The van der Waals surface area contributed by atoms with E-state index in [1.54, 1.807) is 7.05 Å². The van der Waals surface area contributed by atoms with Gasteiger partial charge in [-0.1, -0.05) is 13.8 Å². The van der Waals surface area contributed by atoms with E-state index in [9.17, 15) is 9.90 Å². The number of nitrogens with one attached hydrogen (secondary N) is 1. The molecule has 4 aliphatic rings. The van der Waals surface area contributed by atoms with E-state index in [0.717, 1.165) is 37.5 Å². The number of rotatable bonds is 4.